The molecule has 5 unspecified atom stereocenters. The number of likely N-dealkylation sites (N-methyl/N-ethyl adjacent to an activating group) is 1. The van der Waals surface area contributed by atoms with Crippen molar-refractivity contribution in [2.45, 2.75) is 122 Å². The molecule has 0 heterocycles. The fraction of sp³-hybridized carbons (Fsp3) is 0.690. The predicted molar refractivity (Wildman–Crippen MR) is 288 cm³/mol. The molecule has 0 spiro atoms. The van der Waals surface area contributed by atoms with Gasteiger partial charge in [-0.1, -0.05) is 21.6 Å². The first kappa shape index (κ1) is 72.9. The average molecular weight is 1080 g/mol. The number of rotatable bonds is 35. The van der Waals surface area contributed by atoms with Crippen molar-refractivity contribution in [1.29, 1.82) is 0 Å². The van der Waals surface area contributed by atoms with Gasteiger partial charge in [-0.3, -0.25) is 63.1 Å². The Morgan fingerprint density at radius 2 is 1.08 bits per heavy atom. The third kappa shape index (κ3) is 47.5. The molecule has 73 heavy (non-hydrogen) atoms. The van der Waals surface area contributed by atoms with Crippen molar-refractivity contribution in [3.8, 4) is 0 Å². The van der Waals surface area contributed by atoms with E-state index in [0.29, 0.717) is 70.5 Å². The second kappa shape index (κ2) is 47.7. The first-order valence-corrected chi connectivity index (χ1v) is 25.7. The van der Waals surface area contributed by atoms with Crippen LogP contribution < -0.4 is 83.5 Å². The Balaban J connectivity index is -0.000000484. The van der Waals surface area contributed by atoms with E-state index in [1.165, 1.54) is 62.8 Å². The second-order valence-electron chi connectivity index (χ2n) is 15.3. The molecule has 0 rings (SSSR count). The minimum Gasteiger partial charge on any atom is -0.481 e. The highest BCUT2D eigenvalue weighted by atomic mass is 33.1. The van der Waals surface area contributed by atoms with E-state index in [1.54, 1.807) is 7.05 Å². The van der Waals surface area contributed by atoms with Gasteiger partial charge in [-0.2, -0.15) is 0 Å². The van der Waals surface area contributed by atoms with Crippen molar-refractivity contribution >= 4 is 98.9 Å². The highest BCUT2D eigenvalue weighted by molar-refractivity contribution is 8.76. The van der Waals surface area contributed by atoms with E-state index >= 15 is 0 Å². The summed E-state index contributed by atoms with van der Waals surface area (Å²) in [6.07, 6.45) is 6.98. The number of carboxylic acid groups (broad SMARTS) is 1. The van der Waals surface area contributed by atoms with E-state index in [-0.39, 0.29) is 84.6 Å². The zero-order chi connectivity index (χ0) is 56.7. The monoisotopic (exact) mass is 1080 g/mol. The second-order valence-corrected chi connectivity index (χ2v) is 18.0. The first-order chi connectivity index (χ1) is 34.4. The van der Waals surface area contributed by atoms with Crippen LogP contribution in [0.1, 0.15) is 97.8 Å². The number of aliphatic carboxylic acids is 1. The van der Waals surface area contributed by atoms with Crippen LogP contribution in [0.2, 0.25) is 0 Å². The predicted octanol–water partition coefficient (Wildman–Crippen LogP) is -4.35. The zero-order valence-electron chi connectivity index (χ0n) is 43.1. The molecule has 7 amide bonds. The van der Waals surface area contributed by atoms with Gasteiger partial charge in [0.15, 0.2) is 17.9 Å². The highest BCUT2D eigenvalue weighted by Gasteiger charge is 2.25. The summed E-state index contributed by atoms with van der Waals surface area (Å²) in [5, 5.41) is 23.6. The number of unbranched alkanes of at least 4 members (excludes halogenated alkanes) is 2. The fourth-order valence-electron chi connectivity index (χ4n) is 5.45. The van der Waals surface area contributed by atoms with Crippen LogP contribution in [-0.2, 0) is 43.2 Å². The molecular formula is C42H85N19O10S2. The Bertz CT molecular complexity index is 1760. The van der Waals surface area contributed by atoms with Gasteiger partial charge in [-0.15, -0.1) is 0 Å². The molecule has 29 nitrogen and oxygen atoms in total. The van der Waals surface area contributed by atoms with E-state index in [9.17, 15) is 43.2 Å². The third-order valence-corrected chi connectivity index (χ3v) is 11.5. The number of Topliss-reactive ketones (excluding diaryl/α,β-unsaturated/α-hetero) is 1. The number of hydrogen-bond acceptors (Lipinski definition) is 16. The van der Waals surface area contributed by atoms with Gasteiger partial charge in [0.05, 0.1) is 12.8 Å². The van der Waals surface area contributed by atoms with Crippen LogP contribution >= 0.6 is 21.6 Å². The maximum atomic E-state index is 12.1. The quantitative estimate of drug-likeness (QED) is 0.0123. The standard InChI is InChI=1S/C15H31N9O3.C14H28N6O2.C12H21N3O5S2.CH5N/c1-9(23-11(25)6-2-3-7-21-14(17)18)13(27)24-10(12(16)26)5-4-8-22-15(19)20;1-18-13(22)11(5-4-7-19-10-15)9-12(21)6-2-3-8-20-14(16)17;1-7(11(19)13-3)14-12(20)9(15-8(2)16)6-22-21-5-4-10(17)18;1-2/h9-10H,2-8H2,1H3,(H2,16,26)(H,23,25)(H,24,27)(H4,17,18,21)(H4,19,20,22);10-11H,2-9H2,1H3,(H2,15,19)(H,18,22)(H4,16,17,20);7,9H,4-6H2,1-3H3,(H,13,19)(H,14,20)(H,15,16)(H,17,18);2H2,1H3. The smallest absolute Gasteiger partial charge is 0.304 e. The molecule has 31 heteroatoms. The summed E-state index contributed by atoms with van der Waals surface area (Å²) in [4.78, 5) is 119. The number of nitrogens with one attached hydrogen (secondary N) is 6. The molecule has 0 radical (unpaired) electrons. The van der Waals surface area contributed by atoms with Crippen LogP contribution in [0.15, 0.2) is 20.0 Å². The van der Waals surface area contributed by atoms with Gasteiger partial charge in [0.2, 0.25) is 41.4 Å². The minimum absolute atomic E-state index is 0.00653. The molecule has 0 saturated carbocycles. The minimum atomic E-state index is -0.886. The van der Waals surface area contributed by atoms with Crippen LogP contribution in [0.3, 0.4) is 0 Å². The van der Waals surface area contributed by atoms with Gasteiger partial charge in [0.1, 0.15) is 30.0 Å². The topological polar surface area (TPSA) is 530 Å². The van der Waals surface area contributed by atoms with Gasteiger partial charge in [-0.25, -0.2) is 0 Å². The zero-order valence-corrected chi connectivity index (χ0v) is 44.7. The van der Waals surface area contributed by atoms with Crippen LogP contribution in [0.25, 0.3) is 0 Å². The number of amides is 7. The fourth-order valence-corrected chi connectivity index (χ4v) is 7.59. The number of nitrogens with zero attached hydrogens (tertiary/aromatic N) is 4. The summed E-state index contributed by atoms with van der Waals surface area (Å²) in [6.45, 7) is 6.19. The maximum absolute atomic E-state index is 12.1. The van der Waals surface area contributed by atoms with E-state index in [2.05, 4.69) is 57.6 Å². The lowest BCUT2D eigenvalue weighted by Crippen LogP contribution is -2.53. The Morgan fingerprint density at radius 1 is 0.575 bits per heavy atom. The molecule has 0 saturated heterocycles. The van der Waals surface area contributed by atoms with Gasteiger partial charge >= 0.3 is 5.97 Å². The lowest BCUT2D eigenvalue weighted by Gasteiger charge is -2.19. The molecule has 0 aromatic heterocycles. The van der Waals surface area contributed by atoms with Crippen molar-refractivity contribution in [3.05, 3.63) is 0 Å². The van der Waals surface area contributed by atoms with Gasteiger partial charge in [0.25, 0.3) is 0 Å². The molecule has 0 aliphatic carbocycles. The summed E-state index contributed by atoms with van der Waals surface area (Å²) < 4.78 is 0. The molecule has 0 bridgehead atoms. The van der Waals surface area contributed by atoms with Crippen LogP contribution in [0, 0.1) is 5.92 Å². The van der Waals surface area contributed by atoms with E-state index in [0.717, 1.165) is 12.8 Å². The number of ketones is 1. The van der Waals surface area contributed by atoms with Crippen molar-refractivity contribution in [2.75, 3.05) is 58.8 Å². The van der Waals surface area contributed by atoms with Gasteiger partial charge in [0, 0.05) is 83.9 Å². The average Bonchev–Trinajstić information content (AvgIpc) is 3.32. The summed E-state index contributed by atoms with van der Waals surface area (Å²) in [5.41, 5.74) is 46.2. The normalized spacial score (nSPS) is 12.2. The number of aliphatic imine (C=N–C) groups is 4. The number of hydrogen-bond donors (Lipinski definition) is 16. The Kier molecular flexibility index (Phi) is 47.6. The Labute approximate surface area is 436 Å². The molecule has 0 aliphatic rings. The molecule has 0 fully saturated rings. The lowest BCUT2D eigenvalue weighted by atomic mass is 9.94. The van der Waals surface area contributed by atoms with Crippen LogP contribution in [0.5, 0.6) is 0 Å². The Morgan fingerprint density at radius 3 is 1.56 bits per heavy atom. The molecule has 0 aliphatic heterocycles. The first-order valence-electron chi connectivity index (χ1n) is 23.2. The number of carboxylic acids is 1. The lowest BCUT2D eigenvalue weighted by molar-refractivity contribution is -0.136. The van der Waals surface area contributed by atoms with Crippen molar-refractivity contribution in [2.24, 2.45) is 77.5 Å². The van der Waals surface area contributed by atoms with Gasteiger partial charge < -0.3 is 88.6 Å². The molecule has 0 aromatic rings. The molecule has 0 aromatic carbocycles. The van der Waals surface area contributed by atoms with Crippen molar-refractivity contribution in [1.82, 2.24) is 31.9 Å². The molecule has 5 atom stereocenters. The SMILES string of the molecule is CC(NC(=O)CCCCN=C(N)N)C(=O)NC(CCCN=C(N)N)C(N)=O.CN.CNC(=O)C(C)NC(=O)C(CSSCCC(=O)O)NC(C)=O.CNC(=O)C(CCCN=CN)CC(=O)CCCCN=C(N)N. The summed E-state index contributed by atoms with van der Waals surface area (Å²) >= 11 is 0. The van der Waals surface area contributed by atoms with E-state index in [4.69, 9.17) is 51.0 Å². The Hall–Kier alpha value is -6.63. The largest absolute Gasteiger partial charge is 0.481 e. The van der Waals surface area contributed by atoms with Gasteiger partial charge in [-0.05, 0) is 72.3 Å². The summed E-state index contributed by atoms with van der Waals surface area (Å²) in [7, 11) is 7.14. The van der Waals surface area contributed by atoms with E-state index in [1.807, 2.05) is 0 Å². The summed E-state index contributed by atoms with van der Waals surface area (Å²) in [5.74, 6) is -3.13. The highest BCUT2D eigenvalue weighted by Crippen LogP contribution is 2.23. The van der Waals surface area contributed by atoms with Crippen molar-refractivity contribution in [3.63, 3.8) is 0 Å². The summed E-state index contributed by atoms with van der Waals surface area (Å²) in [6, 6.07) is -3.18. The number of carbonyl (C=O) groups is 9. The maximum Gasteiger partial charge on any atom is 0.304 e. The number of guanidine groups is 3. The van der Waals surface area contributed by atoms with Crippen LogP contribution in [-0.4, -0.2) is 165 Å². The molecular weight excluding hydrogens is 995 g/mol. The molecule has 25 N–H and O–H groups in total. The van der Waals surface area contributed by atoms with E-state index < -0.39 is 47.9 Å². The van der Waals surface area contributed by atoms with Crippen LogP contribution in [0.4, 0.5) is 0 Å². The molecule has 420 valence electrons. The number of nitrogens with two attached hydrogens (primary N) is 9. The number of primary amides is 1. The number of carbonyl (C=O) groups excluding carboxylic acids is 8. The third-order valence-electron chi connectivity index (χ3n) is 9.09. The van der Waals surface area contributed by atoms with Crippen molar-refractivity contribution < 1.29 is 48.3 Å².